The number of hydrogen-bond acceptors (Lipinski definition) is 6. The average molecular weight is 664 g/mol. The fourth-order valence-electron chi connectivity index (χ4n) is 5.71. The third kappa shape index (κ3) is 11.7. The first-order valence-electron chi connectivity index (χ1n) is 17.4. The van der Waals surface area contributed by atoms with Gasteiger partial charge in [0.1, 0.15) is 24.6 Å². The lowest BCUT2D eigenvalue weighted by Crippen LogP contribution is -2.39. The van der Waals surface area contributed by atoms with E-state index in [0.717, 1.165) is 59.9 Å². The molecule has 0 amide bonds. The second-order valence-corrected chi connectivity index (χ2v) is 12.9. The van der Waals surface area contributed by atoms with E-state index >= 15 is 0 Å². The molecular weight excluding hydrogens is 610 g/mol. The molecule has 3 aromatic carbocycles. The zero-order valence-corrected chi connectivity index (χ0v) is 30.2. The van der Waals surface area contributed by atoms with E-state index in [-0.39, 0.29) is 18.4 Å². The monoisotopic (exact) mass is 663 g/mol. The number of esters is 1. The van der Waals surface area contributed by atoms with Crippen molar-refractivity contribution in [2.24, 2.45) is 5.16 Å². The van der Waals surface area contributed by atoms with E-state index in [4.69, 9.17) is 14.3 Å². The molecule has 6 heteroatoms. The molecule has 1 aliphatic rings. The van der Waals surface area contributed by atoms with Crippen LogP contribution < -0.4 is 0 Å². The molecule has 0 aromatic heterocycles. The number of ether oxygens (including phenoxy) is 2. The molecular formula is C43H53NO5. The van der Waals surface area contributed by atoms with E-state index in [1.807, 2.05) is 127 Å². The van der Waals surface area contributed by atoms with Crippen molar-refractivity contribution in [3.8, 4) is 0 Å². The highest BCUT2D eigenvalue weighted by atomic mass is 16.6. The van der Waals surface area contributed by atoms with Gasteiger partial charge in [0, 0.05) is 12.0 Å². The van der Waals surface area contributed by atoms with Crippen molar-refractivity contribution in [3.05, 3.63) is 143 Å². The Morgan fingerprint density at radius 1 is 0.857 bits per heavy atom. The summed E-state index contributed by atoms with van der Waals surface area (Å²) in [7, 11) is 0. The van der Waals surface area contributed by atoms with E-state index in [2.05, 4.69) is 11.7 Å². The standard InChI is InChI=1S/C41H47NO5.C2H6/c1-6-8-15-31(7-2)30-46-42-38(45-29-33-16-11-9-12-17-33)34-20-18-32(19-21-34)28-37(43)41(26-13-10-14-27-41)36-24-22-35(23-25-36)39(44)47-40(3,4)5;1-2/h6-9,11-12,15-25H,2,10,13-14,26-30H2,1,3-5H3;1-2H3/b8-6-,31-15+,42-38-;. The van der Waals surface area contributed by atoms with Crippen LogP contribution >= 0.6 is 0 Å². The van der Waals surface area contributed by atoms with Crippen LogP contribution in [0, 0.1) is 0 Å². The number of allylic oxidation sites excluding steroid dienone is 3. The minimum atomic E-state index is -0.577. The highest BCUT2D eigenvalue weighted by molar-refractivity contribution is 5.95. The van der Waals surface area contributed by atoms with Gasteiger partial charge in [0.25, 0.3) is 5.90 Å². The molecule has 1 saturated carbocycles. The fourth-order valence-corrected chi connectivity index (χ4v) is 5.71. The van der Waals surface area contributed by atoms with Crippen molar-refractivity contribution in [1.29, 1.82) is 0 Å². The number of benzene rings is 3. The van der Waals surface area contributed by atoms with Crippen molar-refractivity contribution >= 4 is 17.7 Å². The predicted octanol–water partition coefficient (Wildman–Crippen LogP) is 10.3. The summed E-state index contributed by atoms with van der Waals surface area (Å²) in [6.45, 7) is 15.9. The summed E-state index contributed by atoms with van der Waals surface area (Å²) in [4.78, 5) is 32.4. The quantitative estimate of drug-likeness (QED) is 0.0598. The van der Waals surface area contributed by atoms with Crippen molar-refractivity contribution < 1.29 is 23.9 Å². The summed E-state index contributed by atoms with van der Waals surface area (Å²) >= 11 is 0. The summed E-state index contributed by atoms with van der Waals surface area (Å²) in [5.41, 5.74) is 3.88. The third-order valence-corrected chi connectivity index (χ3v) is 8.24. The van der Waals surface area contributed by atoms with Crippen molar-refractivity contribution in [1.82, 2.24) is 0 Å². The lowest BCUT2D eigenvalue weighted by Gasteiger charge is -2.36. The van der Waals surface area contributed by atoms with E-state index in [1.165, 1.54) is 0 Å². The van der Waals surface area contributed by atoms with Gasteiger partial charge in [0.15, 0.2) is 0 Å². The second-order valence-electron chi connectivity index (χ2n) is 12.9. The molecule has 3 aromatic rings. The summed E-state index contributed by atoms with van der Waals surface area (Å²) in [5, 5.41) is 4.34. The first kappa shape index (κ1) is 38.7. The van der Waals surface area contributed by atoms with Crippen LogP contribution in [0.2, 0.25) is 0 Å². The largest absolute Gasteiger partial charge is 0.470 e. The number of Topliss-reactive ketones (excluding diaryl/α,β-unsaturated/α-hetero) is 1. The summed E-state index contributed by atoms with van der Waals surface area (Å²) in [6, 6.07) is 25.1. The number of rotatable bonds is 13. The van der Waals surface area contributed by atoms with Crippen LogP contribution in [0.25, 0.3) is 0 Å². The van der Waals surface area contributed by atoms with E-state index < -0.39 is 11.0 Å². The molecule has 6 nitrogen and oxygen atoms in total. The van der Waals surface area contributed by atoms with Gasteiger partial charge in [-0.15, -0.1) is 0 Å². The molecule has 0 atom stereocenters. The Morgan fingerprint density at radius 2 is 1.49 bits per heavy atom. The molecule has 49 heavy (non-hydrogen) atoms. The van der Waals surface area contributed by atoms with Crippen molar-refractivity contribution in [2.75, 3.05) is 6.61 Å². The van der Waals surface area contributed by atoms with Gasteiger partial charge in [-0.3, -0.25) is 4.79 Å². The number of carbonyl (C=O) groups excluding carboxylic acids is 2. The Bertz CT molecular complexity index is 1570. The van der Waals surface area contributed by atoms with Crippen molar-refractivity contribution in [3.63, 3.8) is 0 Å². The Morgan fingerprint density at radius 3 is 2.08 bits per heavy atom. The molecule has 0 bridgehead atoms. The minimum absolute atomic E-state index is 0.192. The molecule has 0 saturated heterocycles. The number of nitrogens with zero attached hydrogens (tertiary/aromatic N) is 1. The molecule has 4 rings (SSSR count). The Kier molecular flexibility index (Phi) is 15.3. The van der Waals surface area contributed by atoms with Crippen LogP contribution in [0.3, 0.4) is 0 Å². The maximum Gasteiger partial charge on any atom is 0.338 e. The van der Waals surface area contributed by atoms with Gasteiger partial charge in [0.2, 0.25) is 0 Å². The average Bonchev–Trinajstić information content (AvgIpc) is 3.12. The smallest absolute Gasteiger partial charge is 0.338 e. The van der Waals surface area contributed by atoms with Gasteiger partial charge >= 0.3 is 5.97 Å². The van der Waals surface area contributed by atoms with E-state index in [1.54, 1.807) is 18.2 Å². The van der Waals surface area contributed by atoms with Crippen LogP contribution in [-0.2, 0) is 37.5 Å². The molecule has 0 spiro atoms. The molecule has 0 heterocycles. The number of hydrogen-bond donors (Lipinski definition) is 0. The molecule has 0 radical (unpaired) electrons. The van der Waals surface area contributed by atoms with Crippen LogP contribution in [0.1, 0.15) is 106 Å². The maximum atomic E-state index is 14.1. The normalized spacial score (nSPS) is 14.7. The van der Waals surface area contributed by atoms with Gasteiger partial charge in [-0.2, -0.15) is 0 Å². The molecule has 0 unspecified atom stereocenters. The SMILES string of the molecule is C=C/C(=C\C=C/C)CO/N=C(\OCc1ccccc1)c1ccc(CC(=O)C2(c3ccc(C(=O)OC(C)(C)C)cc3)CCCCC2)cc1.CC. The summed E-state index contributed by atoms with van der Waals surface area (Å²) in [6.07, 6.45) is 12.5. The van der Waals surface area contributed by atoms with Crippen LogP contribution in [0.4, 0.5) is 0 Å². The van der Waals surface area contributed by atoms with Gasteiger partial charge in [0.05, 0.1) is 11.0 Å². The summed E-state index contributed by atoms with van der Waals surface area (Å²) in [5.74, 6) is 0.188. The predicted molar refractivity (Wildman–Crippen MR) is 200 cm³/mol. The first-order valence-corrected chi connectivity index (χ1v) is 17.4. The Balaban J connectivity index is 0.00000319. The van der Waals surface area contributed by atoms with Crippen LogP contribution in [0.15, 0.2) is 120 Å². The lowest BCUT2D eigenvalue weighted by atomic mass is 9.65. The molecule has 0 N–H and O–H groups in total. The second kappa shape index (κ2) is 19.3. The molecule has 1 fully saturated rings. The highest BCUT2D eigenvalue weighted by Crippen LogP contribution is 2.41. The topological polar surface area (TPSA) is 74.2 Å². The Hall–Kier alpha value is -4.71. The van der Waals surface area contributed by atoms with E-state index in [9.17, 15) is 9.59 Å². The van der Waals surface area contributed by atoms with Gasteiger partial charge in [-0.25, -0.2) is 4.79 Å². The fraction of sp³-hybridized carbons (Fsp3) is 0.372. The third-order valence-electron chi connectivity index (χ3n) is 8.24. The van der Waals surface area contributed by atoms with Crippen molar-refractivity contribution in [2.45, 2.75) is 97.7 Å². The van der Waals surface area contributed by atoms with Gasteiger partial charge in [-0.1, -0.05) is 119 Å². The molecule has 1 aliphatic carbocycles. The summed E-state index contributed by atoms with van der Waals surface area (Å²) < 4.78 is 11.7. The lowest BCUT2D eigenvalue weighted by molar-refractivity contribution is -0.125. The van der Waals surface area contributed by atoms with Crippen LogP contribution in [-0.4, -0.2) is 29.9 Å². The number of oxime groups is 1. The molecule has 0 aliphatic heterocycles. The maximum absolute atomic E-state index is 14.1. The number of ketones is 1. The zero-order valence-electron chi connectivity index (χ0n) is 30.2. The van der Waals surface area contributed by atoms with Gasteiger partial charge in [-0.05, 0) is 92.2 Å². The minimum Gasteiger partial charge on any atom is -0.470 e. The zero-order chi connectivity index (χ0) is 35.7. The highest BCUT2D eigenvalue weighted by Gasteiger charge is 2.40. The number of carbonyl (C=O) groups is 2. The Labute approximate surface area is 293 Å². The first-order chi connectivity index (χ1) is 23.6. The van der Waals surface area contributed by atoms with Gasteiger partial charge < -0.3 is 14.3 Å². The molecule has 260 valence electrons. The van der Waals surface area contributed by atoms with Crippen LogP contribution in [0.5, 0.6) is 0 Å². The van der Waals surface area contributed by atoms with E-state index in [0.29, 0.717) is 24.5 Å².